The minimum Gasteiger partial charge on any atom is -0.437 e. The highest BCUT2D eigenvalue weighted by Crippen LogP contribution is 2.30. The molecule has 0 unspecified atom stereocenters. The molecule has 4 rings (SSSR count). The van der Waals surface area contributed by atoms with E-state index >= 15 is 0 Å². The average molecular weight is 323 g/mol. The van der Waals surface area contributed by atoms with E-state index in [4.69, 9.17) is 10.5 Å². The van der Waals surface area contributed by atoms with Crippen molar-refractivity contribution in [1.82, 2.24) is 14.6 Å². The largest absolute Gasteiger partial charge is 0.437 e. The maximum absolute atomic E-state index is 11.8. The Morgan fingerprint density at radius 1 is 1.33 bits per heavy atom. The molecule has 0 radical (unpaired) electrons. The van der Waals surface area contributed by atoms with E-state index in [1.54, 1.807) is 28.9 Å². The molecule has 0 spiro atoms. The molecule has 1 aliphatic carbocycles. The van der Waals surface area contributed by atoms with Gasteiger partial charge in [-0.05, 0) is 49.6 Å². The van der Waals surface area contributed by atoms with Gasteiger partial charge in [0.25, 0.3) is 0 Å². The van der Waals surface area contributed by atoms with Gasteiger partial charge in [0.05, 0.1) is 6.20 Å². The quantitative estimate of drug-likeness (QED) is 0.720. The lowest BCUT2D eigenvalue weighted by Crippen LogP contribution is -2.13. The van der Waals surface area contributed by atoms with Gasteiger partial charge in [0, 0.05) is 17.7 Å². The number of rotatable bonds is 4. The summed E-state index contributed by atoms with van der Waals surface area (Å²) < 4.78 is 7.40. The summed E-state index contributed by atoms with van der Waals surface area (Å²) in [6.45, 7) is 1.92. The summed E-state index contributed by atoms with van der Waals surface area (Å²) in [6.07, 6.45) is 3.59. The van der Waals surface area contributed by atoms with Crippen molar-refractivity contribution < 1.29 is 9.53 Å². The number of amides is 1. The molecule has 1 amide bonds. The number of benzene rings is 1. The van der Waals surface area contributed by atoms with Crippen LogP contribution in [-0.4, -0.2) is 20.5 Å². The monoisotopic (exact) mass is 323 g/mol. The van der Waals surface area contributed by atoms with Crippen LogP contribution in [0.25, 0.3) is 5.65 Å². The number of aryl methyl sites for hydroxylation is 1. The molecule has 3 aromatic rings. The van der Waals surface area contributed by atoms with Crippen molar-refractivity contribution in [1.29, 1.82) is 0 Å². The molecule has 1 fully saturated rings. The fourth-order valence-electron chi connectivity index (χ4n) is 2.45. The number of ether oxygens (including phenoxy) is 1. The molecule has 0 atom stereocenters. The van der Waals surface area contributed by atoms with Gasteiger partial charge in [0.2, 0.25) is 11.8 Å². The number of nitrogen functional groups attached to an aromatic ring is 1. The SMILES string of the molecule is Cc1cc(N)ccc1Oc1ccc2nc(NC(=O)C3CC3)cn2n1. The van der Waals surface area contributed by atoms with Crippen LogP contribution in [-0.2, 0) is 4.79 Å². The van der Waals surface area contributed by atoms with Crippen LogP contribution in [0.5, 0.6) is 11.6 Å². The molecule has 7 nitrogen and oxygen atoms in total. The summed E-state index contributed by atoms with van der Waals surface area (Å²) in [4.78, 5) is 16.1. The first kappa shape index (κ1) is 14.5. The van der Waals surface area contributed by atoms with E-state index in [0.717, 1.165) is 18.4 Å². The summed E-state index contributed by atoms with van der Waals surface area (Å²) in [5.41, 5.74) is 8.01. The van der Waals surface area contributed by atoms with Gasteiger partial charge < -0.3 is 15.8 Å². The fraction of sp³-hybridized carbons (Fsp3) is 0.235. The summed E-state index contributed by atoms with van der Waals surface area (Å²) in [5.74, 6) is 1.79. The minimum atomic E-state index is 0.0207. The van der Waals surface area contributed by atoms with Crippen LogP contribution < -0.4 is 15.8 Å². The summed E-state index contributed by atoms with van der Waals surface area (Å²) in [5, 5.41) is 7.18. The molecule has 0 saturated heterocycles. The number of nitrogens with one attached hydrogen (secondary N) is 1. The highest BCUT2D eigenvalue weighted by Gasteiger charge is 2.30. The average Bonchev–Trinajstić information content (AvgIpc) is 3.31. The Kier molecular flexibility index (Phi) is 3.34. The number of nitrogens with zero attached hydrogens (tertiary/aromatic N) is 3. The third-order valence-corrected chi connectivity index (χ3v) is 3.91. The standard InChI is InChI=1S/C17H17N5O2/c1-10-8-12(18)4-5-13(10)24-16-7-6-15-19-14(9-22(15)21-16)20-17(23)11-2-3-11/h4-9,11H,2-3,18H2,1H3,(H,20,23). The van der Waals surface area contributed by atoms with Crippen LogP contribution >= 0.6 is 0 Å². The van der Waals surface area contributed by atoms with E-state index in [1.807, 2.05) is 19.1 Å². The van der Waals surface area contributed by atoms with E-state index in [9.17, 15) is 4.79 Å². The summed E-state index contributed by atoms with van der Waals surface area (Å²) >= 11 is 0. The number of hydrogen-bond donors (Lipinski definition) is 2. The Morgan fingerprint density at radius 3 is 2.92 bits per heavy atom. The Bertz CT molecular complexity index is 930. The van der Waals surface area contributed by atoms with Gasteiger partial charge in [-0.3, -0.25) is 4.79 Å². The number of aromatic nitrogens is 3. The number of carbonyl (C=O) groups excluding carboxylic acids is 1. The van der Waals surface area contributed by atoms with Crippen molar-refractivity contribution in [2.75, 3.05) is 11.1 Å². The molecular formula is C17H17N5O2. The summed E-state index contributed by atoms with van der Waals surface area (Å²) in [7, 11) is 0. The van der Waals surface area contributed by atoms with Crippen molar-refractivity contribution in [2.45, 2.75) is 19.8 Å². The lowest BCUT2D eigenvalue weighted by atomic mass is 10.2. The summed E-state index contributed by atoms with van der Waals surface area (Å²) in [6, 6.07) is 8.97. The van der Waals surface area contributed by atoms with Crippen molar-refractivity contribution in [3.05, 3.63) is 42.1 Å². The van der Waals surface area contributed by atoms with Gasteiger partial charge in [-0.25, -0.2) is 9.50 Å². The smallest absolute Gasteiger partial charge is 0.237 e. The molecular weight excluding hydrogens is 306 g/mol. The molecule has 1 aromatic carbocycles. The Hall–Kier alpha value is -3.09. The minimum absolute atomic E-state index is 0.0207. The second kappa shape index (κ2) is 5.52. The Labute approximate surface area is 138 Å². The van der Waals surface area contributed by atoms with Gasteiger partial charge in [-0.1, -0.05) is 0 Å². The Morgan fingerprint density at radius 2 is 2.17 bits per heavy atom. The van der Waals surface area contributed by atoms with E-state index in [0.29, 0.717) is 28.8 Å². The van der Waals surface area contributed by atoms with Crippen molar-refractivity contribution in [3.63, 3.8) is 0 Å². The molecule has 1 aliphatic rings. The Balaban J connectivity index is 1.57. The van der Waals surface area contributed by atoms with Crippen molar-refractivity contribution in [2.24, 2.45) is 5.92 Å². The topological polar surface area (TPSA) is 94.5 Å². The first-order valence-corrected chi connectivity index (χ1v) is 7.80. The third kappa shape index (κ3) is 2.88. The van der Waals surface area contributed by atoms with Gasteiger partial charge in [-0.2, -0.15) is 0 Å². The first-order valence-electron chi connectivity index (χ1n) is 7.80. The zero-order valence-electron chi connectivity index (χ0n) is 13.2. The number of nitrogens with two attached hydrogens (primary N) is 1. The lowest BCUT2D eigenvalue weighted by molar-refractivity contribution is -0.117. The number of fused-ring (bicyclic) bond motifs is 1. The van der Waals surface area contributed by atoms with Gasteiger partial charge in [0.15, 0.2) is 11.5 Å². The number of carbonyl (C=O) groups is 1. The van der Waals surface area contributed by atoms with Crippen LogP contribution in [0.4, 0.5) is 11.5 Å². The van der Waals surface area contributed by atoms with Crippen molar-refractivity contribution in [3.8, 4) is 11.6 Å². The first-order chi connectivity index (χ1) is 11.6. The predicted molar refractivity (Wildman–Crippen MR) is 90.0 cm³/mol. The molecule has 0 bridgehead atoms. The molecule has 1 saturated carbocycles. The third-order valence-electron chi connectivity index (χ3n) is 3.91. The van der Waals surface area contributed by atoms with E-state index in [2.05, 4.69) is 15.4 Å². The van der Waals surface area contributed by atoms with Crippen LogP contribution in [0.15, 0.2) is 36.5 Å². The van der Waals surface area contributed by atoms with Crippen molar-refractivity contribution >= 4 is 23.1 Å². The van der Waals surface area contributed by atoms with Gasteiger partial charge in [-0.15, -0.1) is 5.10 Å². The van der Waals surface area contributed by atoms with Crippen LogP contribution in [0.3, 0.4) is 0 Å². The van der Waals surface area contributed by atoms with E-state index in [-0.39, 0.29) is 11.8 Å². The second-order valence-electron chi connectivity index (χ2n) is 5.99. The maximum atomic E-state index is 11.8. The molecule has 24 heavy (non-hydrogen) atoms. The molecule has 0 aliphatic heterocycles. The normalized spacial score (nSPS) is 13.9. The van der Waals surface area contributed by atoms with Gasteiger partial charge in [0.1, 0.15) is 5.75 Å². The molecule has 2 heterocycles. The second-order valence-corrected chi connectivity index (χ2v) is 5.99. The fourth-order valence-corrected chi connectivity index (χ4v) is 2.45. The predicted octanol–water partition coefficient (Wildman–Crippen LogP) is 2.76. The molecule has 7 heteroatoms. The van der Waals surface area contributed by atoms with Crippen LogP contribution in [0.1, 0.15) is 18.4 Å². The number of anilines is 2. The maximum Gasteiger partial charge on any atom is 0.237 e. The van der Waals surface area contributed by atoms with Crippen LogP contribution in [0, 0.1) is 12.8 Å². The highest BCUT2D eigenvalue weighted by atomic mass is 16.5. The zero-order chi connectivity index (χ0) is 16.7. The number of hydrogen-bond acceptors (Lipinski definition) is 5. The van der Waals surface area contributed by atoms with Crippen LogP contribution in [0.2, 0.25) is 0 Å². The van der Waals surface area contributed by atoms with E-state index in [1.165, 1.54) is 0 Å². The molecule has 122 valence electrons. The van der Waals surface area contributed by atoms with E-state index < -0.39 is 0 Å². The zero-order valence-corrected chi connectivity index (χ0v) is 13.2. The molecule has 2 aromatic heterocycles. The number of imidazole rings is 1. The highest BCUT2D eigenvalue weighted by molar-refractivity contribution is 5.93. The lowest BCUT2D eigenvalue weighted by Gasteiger charge is -2.08. The molecule has 3 N–H and O–H groups in total. The van der Waals surface area contributed by atoms with Gasteiger partial charge >= 0.3 is 0 Å².